The summed E-state index contributed by atoms with van der Waals surface area (Å²) >= 11 is 0. The van der Waals surface area contributed by atoms with Gasteiger partial charge in [-0.1, -0.05) is 61.5 Å². The Morgan fingerprint density at radius 2 is 1.89 bits per heavy atom. The average Bonchev–Trinajstić information content (AvgIpc) is 3.38. The molecule has 2 saturated carbocycles. The maximum Gasteiger partial charge on any atom is 0.251 e. The molecule has 1 unspecified atom stereocenters. The Morgan fingerprint density at radius 3 is 2.72 bits per heavy atom. The van der Waals surface area contributed by atoms with Gasteiger partial charge in [0.15, 0.2) is 0 Å². The third kappa shape index (κ3) is 3.19. The molecular formula is C32H37F2NO. The quantitative estimate of drug-likeness (QED) is 0.437. The van der Waals surface area contributed by atoms with Gasteiger partial charge in [0, 0.05) is 6.04 Å². The second kappa shape index (κ2) is 7.98. The molecule has 2 nitrogen and oxygen atoms in total. The molecule has 2 aromatic carbocycles. The van der Waals surface area contributed by atoms with E-state index in [1.54, 1.807) is 0 Å². The van der Waals surface area contributed by atoms with E-state index < -0.39 is 6.43 Å². The highest BCUT2D eigenvalue weighted by atomic mass is 19.3. The molecule has 1 saturated heterocycles. The molecule has 7 rings (SSSR count). The topological polar surface area (TPSA) is 12.5 Å². The van der Waals surface area contributed by atoms with Crippen molar-refractivity contribution in [2.24, 2.45) is 11.3 Å². The molecule has 0 aromatic heterocycles. The van der Waals surface area contributed by atoms with Crippen LogP contribution in [0.2, 0.25) is 0 Å². The average molecular weight is 490 g/mol. The molecule has 2 aliphatic heterocycles. The van der Waals surface area contributed by atoms with Gasteiger partial charge in [-0.2, -0.15) is 0 Å². The summed E-state index contributed by atoms with van der Waals surface area (Å²) < 4.78 is 33.6. The Kier molecular flexibility index (Phi) is 5.12. The van der Waals surface area contributed by atoms with Gasteiger partial charge in [-0.25, -0.2) is 8.78 Å². The second-order valence-electron chi connectivity index (χ2n) is 12.5. The Hall–Kier alpha value is -2.04. The largest absolute Gasteiger partial charge is 0.359 e. The highest BCUT2D eigenvalue weighted by molar-refractivity contribution is 5.83. The number of fused-ring (bicyclic) bond motifs is 2. The van der Waals surface area contributed by atoms with Crippen LogP contribution in [0.5, 0.6) is 0 Å². The summed E-state index contributed by atoms with van der Waals surface area (Å²) in [6.45, 7) is 2.37. The fourth-order valence-corrected chi connectivity index (χ4v) is 9.10. The fraction of sp³-hybridized carbons (Fsp3) is 0.562. The Bertz CT molecular complexity index is 1270. The van der Waals surface area contributed by atoms with Crippen molar-refractivity contribution in [1.82, 2.24) is 4.90 Å². The van der Waals surface area contributed by atoms with Crippen LogP contribution in [0.3, 0.4) is 0 Å². The number of ether oxygens (including phenoxy) is 1. The predicted molar refractivity (Wildman–Crippen MR) is 140 cm³/mol. The number of rotatable bonds is 4. The van der Waals surface area contributed by atoms with Crippen LogP contribution in [-0.2, 0) is 4.74 Å². The third-order valence-electron chi connectivity index (χ3n) is 10.9. The van der Waals surface area contributed by atoms with Crippen LogP contribution in [0.25, 0.3) is 10.8 Å². The van der Waals surface area contributed by atoms with Crippen molar-refractivity contribution in [3.05, 3.63) is 71.3 Å². The summed E-state index contributed by atoms with van der Waals surface area (Å²) in [6, 6.07) is 15.9. The van der Waals surface area contributed by atoms with Gasteiger partial charge in [-0.3, -0.25) is 4.90 Å². The molecule has 2 heterocycles. The van der Waals surface area contributed by atoms with Crippen LogP contribution in [0.15, 0.2) is 65.8 Å². The SMILES string of the molecule is CN(CC(F)F)[C@@H]1CCC2=CC3=CC[C@]4(C)[C@@H](c5ccc6ccccc6c5)CC[C@H]4[C@@]34CCC2(C1)O4. The minimum absolute atomic E-state index is 0.149. The van der Waals surface area contributed by atoms with E-state index >= 15 is 0 Å². The molecule has 36 heavy (non-hydrogen) atoms. The molecule has 4 heteroatoms. The molecule has 190 valence electrons. The van der Waals surface area contributed by atoms with Gasteiger partial charge in [0.05, 0.1) is 17.7 Å². The van der Waals surface area contributed by atoms with Crippen LogP contribution in [0.4, 0.5) is 8.78 Å². The number of allylic oxidation sites excluding steroid dienone is 1. The number of benzene rings is 2. The zero-order valence-corrected chi connectivity index (χ0v) is 21.5. The molecule has 0 amide bonds. The van der Waals surface area contributed by atoms with Crippen LogP contribution in [0.1, 0.15) is 69.8 Å². The highest BCUT2D eigenvalue weighted by Crippen LogP contribution is 2.69. The Balaban J connectivity index is 1.22. The number of hydrogen-bond donors (Lipinski definition) is 0. The molecule has 2 spiro atoms. The molecule has 3 aliphatic carbocycles. The summed E-state index contributed by atoms with van der Waals surface area (Å²) in [5.74, 6) is 1.03. The molecule has 0 N–H and O–H groups in total. The van der Waals surface area contributed by atoms with Crippen LogP contribution >= 0.6 is 0 Å². The monoisotopic (exact) mass is 489 g/mol. The lowest BCUT2D eigenvalue weighted by atomic mass is 9.58. The van der Waals surface area contributed by atoms with E-state index in [9.17, 15) is 8.78 Å². The first-order valence-electron chi connectivity index (χ1n) is 13.9. The van der Waals surface area contributed by atoms with Gasteiger partial charge < -0.3 is 4.74 Å². The summed E-state index contributed by atoms with van der Waals surface area (Å²) in [7, 11) is 1.86. The van der Waals surface area contributed by atoms with Gasteiger partial charge in [0.2, 0.25) is 0 Å². The molecular weight excluding hydrogens is 452 g/mol. The smallest absolute Gasteiger partial charge is 0.251 e. The molecule has 3 fully saturated rings. The third-order valence-corrected chi connectivity index (χ3v) is 10.9. The number of hydrogen-bond acceptors (Lipinski definition) is 2. The highest BCUT2D eigenvalue weighted by Gasteiger charge is 2.66. The first-order chi connectivity index (χ1) is 17.3. The van der Waals surface area contributed by atoms with Gasteiger partial charge in [0.25, 0.3) is 6.43 Å². The van der Waals surface area contributed by atoms with Crippen molar-refractivity contribution in [2.75, 3.05) is 13.6 Å². The van der Waals surface area contributed by atoms with Gasteiger partial charge in [-0.05, 0) is 103 Å². The second-order valence-corrected chi connectivity index (χ2v) is 12.5. The fourth-order valence-electron chi connectivity index (χ4n) is 9.10. The van der Waals surface area contributed by atoms with E-state index in [0.717, 1.165) is 38.5 Å². The number of halogens is 2. The summed E-state index contributed by atoms with van der Waals surface area (Å²) in [6.07, 6.45) is 11.1. The molecule has 5 aliphatic rings. The van der Waals surface area contributed by atoms with E-state index in [1.165, 1.54) is 40.3 Å². The van der Waals surface area contributed by atoms with Gasteiger partial charge in [0.1, 0.15) is 0 Å². The normalized spacial score (nSPS) is 39.1. The van der Waals surface area contributed by atoms with Gasteiger partial charge in [-0.15, -0.1) is 0 Å². The predicted octanol–water partition coefficient (Wildman–Crippen LogP) is 7.65. The van der Waals surface area contributed by atoms with Crippen molar-refractivity contribution in [3.63, 3.8) is 0 Å². The summed E-state index contributed by atoms with van der Waals surface area (Å²) in [5.41, 5.74) is 4.03. The zero-order chi connectivity index (χ0) is 24.7. The standard InChI is InChI=1S/C32H37F2NO/c1-30-14-13-25-18-24-9-10-26(35(2)20-29(33)34)19-31(24)15-16-32(25,36-31)28(30)12-11-27(30)23-8-7-21-5-3-4-6-22(21)17-23/h3-8,13,17-18,26-29H,9-12,14-16,19-20H2,1-2H3/t26-,27-,28-,30-,31?,32-/m1/s1. The van der Waals surface area contributed by atoms with Crippen molar-refractivity contribution in [3.8, 4) is 0 Å². The van der Waals surface area contributed by atoms with E-state index in [2.05, 4.69) is 61.5 Å². The van der Waals surface area contributed by atoms with Crippen molar-refractivity contribution in [1.29, 1.82) is 0 Å². The molecule has 6 atom stereocenters. The van der Waals surface area contributed by atoms with E-state index in [-0.39, 0.29) is 29.2 Å². The van der Waals surface area contributed by atoms with Crippen molar-refractivity contribution >= 4 is 10.8 Å². The lowest BCUT2D eigenvalue weighted by Gasteiger charge is -2.55. The van der Waals surface area contributed by atoms with Crippen molar-refractivity contribution < 1.29 is 13.5 Å². The summed E-state index contributed by atoms with van der Waals surface area (Å²) in [4.78, 5) is 1.88. The molecule has 2 aromatic rings. The lowest BCUT2D eigenvalue weighted by Crippen LogP contribution is -2.55. The van der Waals surface area contributed by atoms with E-state index in [0.29, 0.717) is 11.8 Å². The number of alkyl halides is 2. The maximum atomic E-state index is 13.1. The first kappa shape index (κ1) is 23.1. The zero-order valence-electron chi connectivity index (χ0n) is 21.5. The minimum atomic E-state index is -2.29. The lowest BCUT2D eigenvalue weighted by molar-refractivity contribution is -0.141. The van der Waals surface area contributed by atoms with Crippen molar-refractivity contribution in [2.45, 2.75) is 87.9 Å². The van der Waals surface area contributed by atoms with Crippen LogP contribution in [0, 0.1) is 11.3 Å². The van der Waals surface area contributed by atoms with Crippen LogP contribution < -0.4 is 0 Å². The Labute approximate surface area is 213 Å². The van der Waals surface area contributed by atoms with Crippen LogP contribution in [-0.4, -0.2) is 42.2 Å². The van der Waals surface area contributed by atoms with Gasteiger partial charge >= 0.3 is 0 Å². The maximum absolute atomic E-state index is 13.1. The minimum Gasteiger partial charge on any atom is -0.359 e. The molecule has 0 radical (unpaired) electrons. The number of nitrogens with zero attached hydrogens (tertiary/aromatic N) is 1. The van der Waals surface area contributed by atoms with E-state index in [4.69, 9.17) is 4.74 Å². The molecule has 2 bridgehead atoms. The van der Waals surface area contributed by atoms with E-state index in [1.807, 2.05) is 11.9 Å². The summed E-state index contributed by atoms with van der Waals surface area (Å²) in [5, 5.41) is 2.63. The first-order valence-corrected chi connectivity index (χ1v) is 13.9. The Morgan fingerprint density at radius 1 is 1.06 bits per heavy atom.